The molecule has 4 rings (SSSR count). The van der Waals surface area contributed by atoms with Gasteiger partial charge in [0, 0.05) is 19.5 Å². The van der Waals surface area contributed by atoms with Gasteiger partial charge in [-0.1, -0.05) is 115 Å². The molecule has 0 unspecified atom stereocenters. The van der Waals surface area contributed by atoms with Crippen molar-refractivity contribution < 1.29 is 52.9 Å². The molecule has 0 bridgehead atoms. The van der Waals surface area contributed by atoms with Crippen molar-refractivity contribution in [1.29, 1.82) is 0 Å². The second kappa shape index (κ2) is 26.8. The highest BCUT2D eigenvalue weighted by molar-refractivity contribution is 5.98. The van der Waals surface area contributed by atoms with Crippen LogP contribution >= 0.6 is 0 Å². The Bertz CT molecular complexity index is 2080. The van der Waals surface area contributed by atoms with E-state index in [2.05, 4.69) is 26.6 Å². The number of amides is 7. The Hall–Kier alpha value is -6.04. The lowest BCUT2D eigenvalue weighted by molar-refractivity contribution is -0.149. The van der Waals surface area contributed by atoms with Crippen LogP contribution in [0.5, 0.6) is 0 Å². The molecule has 386 valence electrons. The van der Waals surface area contributed by atoms with Crippen molar-refractivity contribution in [2.24, 2.45) is 17.8 Å². The van der Waals surface area contributed by atoms with Crippen molar-refractivity contribution in [3.63, 3.8) is 0 Å². The molecule has 2 aromatic rings. The molecule has 2 heterocycles. The van der Waals surface area contributed by atoms with Gasteiger partial charge in [0.25, 0.3) is 0 Å². The van der Waals surface area contributed by atoms with Crippen LogP contribution < -0.4 is 26.6 Å². The number of aliphatic carboxylic acids is 1. The highest BCUT2D eigenvalue weighted by Gasteiger charge is 2.43. The van der Waals surface area contributed by atoms with Gasteiger partial charge < -0.3 is 51.0 Å². The summed E-state index contributed by atoms with van der Waals surface area (Å²) in [4.78, 5) is 113. The minimum atomic E-state index is -1.31. The highest BCUT2D eigenvalue weighted by Crippen LogP contribution is 2.24. The lowest BCUT2D eigenvalue weighted by Crippen LogP contribution is -2.61. The summed E-state index contributed by atoms with van der Waals surface area (Å²) in [5.41, 5.74) is 0.745. The number of hydrogen-bond donors (Lipinski definition) is 6. The number of benzene rings is 2. The molecule has 2 saturated heterocycles. The smallest absolute Gasteiger partial charge is 0.408 e. The molecule has 2 aliphatic heterocycles. The van der Waals surface area contributed by atoms with E-state index in [1.54, 1.807) is 46.8 Å². The second-order valence-corrected chi connectivity index (χ2v) is 20.1. The molecule has 0 aliphatic carbocycles. The quantitative estimate of drug-likeness (QED) is 0.0857. The van der Waals surface area contributed by atoms with Crippen LogP contribution in [0.15, 0.2) is 60.7 Å². The monoisotopic (exact) mass is 976 g/mol. The molecule has 18 nitrogen and oxygen atoms in total. The zero-order valence-electron chi connectivity index (χ0n) is 42.5. The number of likely N-dealkylation sites (tertiary alicyclic amines) is 2. The fourth-order valence-electron chi connectivity index (χ4n) is 8.65. The maximum atomic E-state index is 14.7. The van der Waals surface area contributed by atoms with Gasteiger partial charge in [0.05, 0.1) is 13.2 Å². The lowest BCUT2D eigenvalue weighted by atomic mass is 9.96. The van der Waals surface area contributed by atoms with Crippen molar-refractivity contribution in [3.8, 4) is 0 Å². The number of nitrogens with one attached hydrogen (secondary N) is 5. The van der Waals surface area contributed by atoms with Crippen molar-refractivity contribution in [1.82, 2.24) is 36.4 Å². The summed E-state index contributed by atoms with van der Waals surface area (Å²) in [6, 6.07) is 10.5. The molecule has 0 aromatic heterocycles. The van der Waals surface area contributed by atoms with Crippen molar-refractivity contribution in [2.75, 3.05) is 19.7 Å². The van der Waals surface area contributed by atoms with Crippen molar-refractivity contribution >= 4 is 47.5 Å². The summed E-state index contributed by atoms with van der Waals surface area (Å²) >= 11 is 0. The van der Waals surface area contributed by atoms with E-state index in [0.717, 1.165) is 11.1 Å². The molecule has 6 N–H and O–H groups in total. The van der Waals surface area contributed by atoms with Crippen molar-refractivity contribution in [3.05, 3.63) is 71.8 Å². The van der Waals surface area contributed by atoms with Gasteiger partial charge in [-0.3, -0.25) is 28.8 Å². The van der Waals surface area contributed by atoms with E-state index in [-0.39, 0.29) is 57.4 Å². The Kier molecular flexibility index (Phi) is 21.7. The van der Waals surface area contributed by atoms with Gasteiger partial charge in [0.2, 0.25) is 35.4 Å². The fourth-order valence-corrected chi connectivity index (χ4v) is 8.65. The third-order valence-electron chi connectivity index (χ3n) is 12.9. The number of hydrogen-bond acceptors (Lipinski definition) is 10. The highest BCUT2D eigenvalue weighted by atomic mass is 16.6. The van der Waals surface area contributed by atoms with Gasteiger partial charge in [0.1, 0.15) is 47.9 Å². The molecular formula is C52H77N7O11. The standard InChI is InChI=1S/C52H77N7O11/c1-10-33(5)42(57-51(68)70-52(7,8)9)47(63)55-39(31-69-30-36-22-16-13-17-23-36)45(61)56-43(34(6)11-2)49(65)58-26-18-24-40(58)46(62)53-37(28-32(3)4)44(60)54-38(29-35-20-14-12-15-21-35)48(64)59-27-19-25-41(59)50(66)67/h12-17,20-23,32-34,37-43H,10-11,18-19,24-31H2,1-9H3,(H,53,62)(H,54,60)(H,55,63)(H,56,61)(H,57,68)(H,66,67)/t33-,34-,37-,38-,39-,40-,41-,42-,43-/m0/s1. The molecular weight excluding hydrogens is 899 g/mol. The number of carbonyl (C=O) groups is 8. The second-order valence-electron chi connectivity index (χ2n) is 20.1. The Morgan fingerprint density at radius 3 is 1.73 bits per heavy atom. The lowest BCUT2D eigenvalue weighted by Gasteiger charge is -2.33. The molecule has 7 amide bonds. The van der Waals surface area contributed by atoms with E-state index >= 15 is 0 Å². The van der Waals surface area contributed by atoms with Crippen LogP contribution in [0.25, 0.3) is 0 Å². The van der Waals surface area contributed by atoms with E-state index in [0.29, 0.717) is 32.1 Å². The Morgan fingerprint density at radius 2 is 1.17 bits per heavy atom. The molecule has 18 heteroatoms. The van der Waals surface area contributed by atoms with Gasteiger partial charge >= 0.3 is 12.1 Å². The van der Waals surface area contributed by atoms with Crippen LogP contribution in [0.3, 0.4) is 0 Å². The number of carboxylic acid groups (broad SMARTS) is 1. The normalized spacial score (nSPS) is 18.9. The zero-order chi connectivity index (χ0) is 51.7. The average molecular weight is 976 g/mol. The molecule has 2 fully saturated rings. The molecule has 2 aromatic carbocycles. The summed E-state index contributed by atoms with van der Waals surface area (Å²) in [5.74, 6) is -5.60. The number of carboxylic acids is 1. The van der Waals surface area contributed by atoms with Crippen LogP contribution in [0.4, 0.5) is 4.79 Å². The first-order valence-corrected chi connectivity index (χ1v) is 24.8. The maximum Gasteiger partial charge on any atom is 0.408 e. The van der Waals surface area contributed by atoms with Crippen LogP contribution in [-0.4, -0.2) is 130 Å². The van der Waals surface area contributed by atoms with Gasteiger partial charge in [-0.15, -0.1) is 0 Å². The van der Waals surface area contributed by atoms with Gasteiger partial charge in [-0.25, -0.2) is 9.59 Å². The molecule has 0 saturated carbocycles. The topological polar surface area (TPSA) is 242 Å². The molecule has 2 aliphatic rings. The first-order chi connectivity index (χ1) is 33.1. The maximum absolute atomic E-state index is 14.7. The number of nitrogens with zero attached hydrogens (tertiary/aromatic N) is 2. The van der Waals surface area contributed by atoms with Gasteiger partial charge in [-0.05, 0) is 81.8 Å². The fraction of sp³-hybridized carbons (Fsp3) is 0.615. The van der Waals surface area contributed by atoms with Gasteiger partial charge in [-0.2, -0.15) is 0 Å². The molecule has 70 heavy (non-hydrogen) atoms. The minimum absolute atomic E-state index is 0.0840. The largest absolute Gasteiger partial charge is 0.480 e. The number of ether oxygens (including phenoxy) is 2. The van der Waals surface area contributed by atoms with Crippen LogP contribution in [0.1, 0.15) is 118 Å². The van der Waals surface area contributed by atoms with E-state index in [4.69, 9.17) is 9.47 Å². The summed E-state index contributed by atoms with van der Waals surface area (Å²) in [7, 11) is 0. The van der Waals surface area contributed by atoms with Crippen LogP contribution in [-0.2, 0) is 56.1 Å². The first kappa shape index (κ1) is 56.5. The molecule has 0 radical (unpaired) electrons. The Balaban J connectivity index is 1.55. The molecule has 9 atom stereocenters. The van der Waals surface area contributed by atoms with E-state index in [1.165, 1.54) is 9.80 Å². The Labute approximate surface area is 413 Å². The molecule has 0 spiro atoms. The SMILES string of the molecule is CC[C@H](C)[C@H](NC(=O)OC(C)(C)C)C(=O)N[C@@H](COCc1ccccc1)C(=O)N[C@H](C(=O)N1CCC[C@H]1C(=O)N[C@@H](CC(C)C)C(=O)N[C@@H](Cc1ccccc1)C(=O)N1CCC[C@H]1C(=O)O)[C@@H](C)CC. The van der Waals surface area contributed by atoms with E-state index < -0.39 is 101 Å². The Morgan fingerprint density at radius 1 is 0.643 bits per heavy atom. The summed E-state index contributed by atoms with van der Waals surface area (Å²) < 4.78 is 11.4. The number of alkyl carbamates (subject to hydrolysis) is 1. The number of carbonyl (C=O) groups excluding carboxylic acids is 7. The van der Waals surface area contributed by atoms with E-state index in [1.807, 2.05) is 76.2 Å². The number of rotatable bonds is 24. The minimum Gasteiger partial charge on any atom is -0.480 e. The van der Waals surface area contributed by atoms with Crippen LogP contribution in [0, 0.1) is 17.8 Å². The summed E-state index contributed by atoms with van der Waals surface area (Å²) in [6.45, 7) is 16.5. The van der Waals surface area contributed by atoms with Crippen molar-refractivity contribution in [2.45, 2.75) is 168 Å². The predicted octanol–water partition coefficient (Wildman–Crippen LogP) is 4.48. The zero-order valence-corrected chi connectivity index (χ0v) is 42.5. The van der Waals surface area contributed by atoms with E-state index in [9.17, 15) is 43.5 Å². The van der Waals surface area contributed by atoms with Gasteiger partial charge in [0.15, 0.2) is 0 Å². The third kappa shape index (κ3) is 16.8. The first-order valence-electron chi connectivity index (χ1n) is 24.8. The summed E-state index contributed by atoms with van der Waals surface area (Å²) in [5, 5.41) is 23.9. The summed E-state index contributed by atoms with van der Waals surface area (Å²) in [6.07, 6.45) is 2.01. The average Bonchev–Trinajstić information content (AvgIpc) is 4.02. The third-order valence-corrected chi connectivity index (χ3v) is 12.9. The van der Waals surface area contributed by atoms with Crippen LogP contribution in [0.2, 0.25) is 0 Å². The predicted molar refractivity (Wildman–Crippen MR) is 263 cm³/mol.